The average molecular weight is 356 g/mol. The average Bonchev–Trinajstić information content (AvgIpc) is 3.44. The van der Waals surface area contributed by atoms with E-state index in [4.69, 9.17) is 0 Å². The van der Waals surface area contributed by atoms with E-state index in [1.807, 2.05) is 0 Å². The van der Waals surface area contributed by atoms with Crippen molar-refractivity contribution in [1.29, 1.82) is 0 Å². The molecule has 4 aliphatic rings. The number of amides is 1. The van der Waals surface area contributed by atoms with Crippen molar-refractivity contribution >= 4 is 11.9 Å². The summed E-state index contributed by atoms with van der Waals surface area (Å²) < 4.78 is 0. The van der Waals surface area contributed by atoms with Gasteiger partial charge in [-0.2, -0.15) is 0 Å². The van der Waals surface area contributed by atoms with Gasteiger partial charge in [-0.1, -0.05) is 12.8 Å². The van der Waals surface area contributed by atoms with Crippen LogP contribution in [-0.2, 0) is 4.79 Å². The Labute approximate surface area is 153 Å². The highest BCUT2D eigenvalue weighted by Gasteiger charge is 2.69. The number of aryl methyl sites for hydroxylation is 1. The van der Waals surface area contributed by atoms with Crippen LogP contribution in [0.5, 0.6) is 0 Å². The van der Waals surface area contributed by atoms with Gasteiger partial charge in [-0.15, -0.1) is 0 Å². The van der Waals surface area contributed by atoms with E-state index in [0.717, 1.165) is 19.5 Å². The number of aromatic amines is 1. The number of carbonyl (C=O) groups excluding carboxylic acids is 1. The van der Waals surface area contributed by atoms with Gasteiger partial charge in [0.1, 0.15) is 0 Å². The summed E-state index contributed by atoms with van der Waals surface area (Å²) in [7, 11) is 0. The van der Waals surface area contributed by atoms with Crippen molar-refractivity contribution in [2.45, 2.75) is 58.3 Å². The van der Waals surface area contributed by atoms with E-state index >= 15 is 0 Å². The van der Waals surface area contributed by atoms with Gasteiger partial charge in [-0.25, -0.2) is 4.98 Å². The molecule has 0 bridgehead atoms. The van der Waals surface area contributed by atoms with Crippen molar-refractivity contribution in [1.82, 2.24) is 15.3 Å². The first-order chi connectivity index (χ1) is 12.5. The summed E-state index contributed by atoms with van der Waals surface area (Å²) in [6.07, 6.45) is 11.5. The Morgan fingerprint density at radius 2 is 2.04 bits per heavy atom. The number of hydrogen-bond acceptors (Lipinski definition) is 4. The number of rotatable bonds is 6. The van der Waals surface area contributed by atoms with E-state index in [-0.39, 0.29) is 22.8 Å². The van der Waals surface area contributed by atoms with Crippen molar-refractivity contribution in [2.24, 2.45) is 22.2 Å². The fourth-order valence-corrected chi connectivity index (χ4v) is 5.56. The Kier molecular flexibility index (Phi) is 3.35. The molecule has 0 saturated heterocycles. The second kappa shape index (κ2) is 5.33. The molecule has 4 fully saturated rings. The molecule has 2 spiro atoms. The smallest absolute Gasteiger partial charge is 0.255 e. The maximum absolute atomic E-state index is 12.6. The predicted molar refractivity (Wildman–Crippen MR) is 98.8 cm³/mol. The Balaban J connectivity index is 1.22. The van der Waals surface area contributed by atoms with E-state index in [1.54, 1.807) is 13.1 Å². The van der Waals surface area contributed by atoms with Gasteiger partial charge in [-0.3, -0.25) is 14.6 Å². The van der Waals surface area contributed by atoms with Crippen LogP contribution < -0.4 is 16.2 Å². The SMILES string of the molecule is Cc1cnc(NCC2(CNC(=O)C3CC34CCC4)CC23CCC3)[nH]c1=O. The van der Waals surface area contributed by atoms with Gasteiger partial charge >= 0.3 is 0 Å². The summed E-state index contributed by atoms with van der Waals surface area (Å²) in [6, 6.07) is 0. The molecule has 4 aliphatic carbocycles. The molecule has 1 amide bonds. The standard InChI is InChI=1S/C20H28N4O2/c1-13-9-21-17(24-15(13)25)23-12-20(10-19(20)6-3-7-19)11-22-16(26)14-8-18(14)4-2-5-18/h9,14H,2-8,10-12H2,1H3,(H,22,26)(H2,21,23,24,25). The zero-order valence-corrected chi connectivity index (χ0v) is 15.5. The molecule has 5 rings (SSSR count). The molecular formula is C20H28N4O2. The van der Waals surface area contributed by atoms with Crippen LogP contribution >= 0.6 is 0 Å². The van der Waals surface area contributed by atoms with Crippen molar-refractivity contribution in [3.05, 3.63) is 22.1 Å². The molecule has 0 radical (unpaired) electrons. The normalized spacial score (nSPS) is 31.8. The third-order valence-corrected chi connectivity index (χ3v) is 8.02. The maximum atomic E-state index is 12.6. The molecule has 6 heteroatoms. The molecule has 140 valence electrons. The highest BCUT2D eigenvalue weighted by molar-refractivity contribution is 5.83. The molecule has 6 nitrogen and oxygen atoms in total. The van der Waals surface area contributed by atoms with Gasteiger partial charge in [0.25, 0.3) is 5.56 Å². The van der Waals surface area contributed by atoms with Crippen LogP contribution in [0.1, 0.15) is 56.9 Å². The summed E-state index contributed by atoms with van der Waals surface area (Å²) in [6.45, 7) is 3.26. The summed E-state index contributed by atoms with van der Waals surface area (Å²) in [5.74, 6) is 1.07. The highest BCUT2D eigenvalue weighted by atomic mass is 16.2. The van der Waals surface area contributed by atoms with Gasteiger partial charge in [0.15, 0.2) is 0 Å². The Bertz CT molecular complexity index is 808. The number of nitrogens with zero attached hydrogens (tertiary/aromatic N) is 1. The van der Waals surface area contributed by atoms with E-state index in [9.17, 15) is 9.59 Å². The maximum Gasteiger partial charge on any atom is 0.255 e. The number of nitrogens with one attached hydrogen (secondary N) is 3. The molecule has 1 heterocycles. The first-order valence-corrected chi connectivity index (χ1v) is 10.1. The van der Waals surface area contributed by atoms with E-state index in [1.165, 1.54) is 44.9 Å². The number of aromatic nitrogens is 2. The third kappa shape index (κ3) is 2.33. The van der Waals surface area contributed by atoms with Gasteiger partial charge < -0.3 is 10.6 Å². The van der Waals surface area contributed by atoms with Crippen LogP contribution in [-0.4, -0.2) is 29.0 Å². The fraction of sp³-hybridized carbons (Fsp3) is 0.750. The van der Waals surface area contributed by atoms with Crippen LogP contribution in [0.4, 0.5) is 5.95 Å². The number of H-pyrrole nitrogens is 1. The minimum atomic E-state index is -0.0986. The largest absolute Gasteiger partial charge is 0.355 e. The van der Waals surface area contributed by atoms with Crippen LogP contribution in [0.3, 0.4) is 0 Å². The molecular weight excluding hydrogens is 328 g/mol. The van der Waals surface area contributed by atoms with Gasteiger partial charge in [0.2, 0.25) is 11.9 Å². The minimum absolute atomic E-state index is 0.0986. The second-order valence-corrected chi connectivity index (χ2v) is 9.38. The number of anilines is 1. The van der Waals surface area contributed by atoms with Gasteiger partial charge in [0, 0.05) is 36.2 Å². The third-order valence-electron chi connectivity index (χ3n) is 8.02. The van der Waals surface area contributed by atoms with Crippen LogP contribution in [0, 0.1) is 29.1 Å². The number of carbonyl (C=O) groups is 1. The molecule has 1 aromatic rings. The molecule has 2 unspecified atom stereocenters. The van der Waals surface area contributed by atoms with Crippen molar-refractivity contribution in [3.63, 3.8) is 0 Å². The molecule has 3 N–H and O–H groups in total. The molecule has 4 saturated carbocycles. The van der Waals surface area contributed by atoms with Crippen LogP contribution in [0.25, 0.3) is 0 Å². The molecule has 0 aromatic carbocycles. The molecule has 0 aliphatic heterocycles. The lowest BCUT2D eigenvalue weighted by Crippen LogP contribution is -2.40. The van der Waals surface area contributed by atoms with E-state index < -0.39 is 0 Å². The lowest BCUT2D eigenvalue weighted by Gasteiger charge is -2.33. The molecule has 1 aromatic heterocycles. The highest BCUT2D eigenvalue weighted by Crippen LogP contribution is 2.73. The van der Waals surface area contributed by atoms with E-state index in [0.29, 0.717) is 22.3 Å². The van der Waals surface area contributed by atoms with E-state index in [2.05, 4.69) is 20.6 Å². The summed E-state index contributed by atoms with van der Waals surface area (Å²) in [4.78, 5) is 31.4. The summed E-state index contributed by atoms with van der Waals surface area (Å²) >= 11 is 0. The fourth-order valence-electron chi connectivity index (χ4n) is 5.56. The first-order valence-electron chi connectivity index (χ1n) is 10.1. The van der Waals surface area contributed by atoms with Crippen molar-refractivity contribution in [2.75, 3.05) is 18.4 Å². The predicted octanol–water partition coefficient (Wildman–Crippen LogP) is 2.36. The quantitative estimate of drug-likeness (QED) is 0.730. The monoisotopic (exact) mass is 356 g/mol. The zero-order valence-electron chi connectivity index (χ0n) is 15.5. The minimum Gasteiger partial charge on any atom is -0.355 e. The van der Waals surface area contributed by atoms with Crippen LogP contribution in [0.2, 0.25) is 0 Å². The lowest BCUT2D eigenvalue weighted by atomic mass is 9.75. The first kappa shape index (κ1) is 16.3. The summed E-state index contributed by atoms with van der Waals surface area (Å²) in [5.41, 5.74) is 1.42. The topological polar surface area (TPSA) is 86.9 Å². The number of hydrogen-bond donors (Lipinski definition) is 3. The van der Waals surface area contributed by atoms with Crippen molar-refractivity contribution in [3.8, 4) is 0 Å². The molecule has 2 atom stereocenters. The second-order valence-electron chi connectivity index (χ2n) is 9.38. The van der Waals surface area contributed by atoms with Gasteiger partial charge in [0.05, 0.1) is 0 Å². The zero-order chi connectivity index (χ0) is 18.0. The van der Waals surface area contributed by atoms with Crippen molar-refractivity contribution < 1.29 is 4.79 Å². The Hall–Kier alpha value is -1.85. The Morgan fingerprint density at radius 3 is 2.58 bits per heavy atom. The molecule has 26 heavy (non-hydrogen) atoms. The summed E-state index contributed by atoms with van der Waals surface area (Å²) in [5, 5.41) is 6.61. The van der Waals surface area contributed by atoms with Gasteiger partial charge in [-0.05, 0) is 56.3 Å². The Morgan fingerprint density at radius 1 is 1.27 bits per heavy atom. The van der Waals surface area contributed by atoms with Crippen LogP contribution in [0.15, 0.2) is 11.0 Å². The lowest BCUT2D eigenvalue weighted by molar-refractivity contribution is -0.123.